The van der Waals surface area contributed by atoms with Gasteiger partial charge in [-0.1, -0.05) is 43.7 Å². The first-order valence-corrected chi connectivity index (χ1v) is 7.45. The van der Waals surface area contributed by atoms with Crippen molar-refractivity contribution in [1.29, 1.82) is 0 Å². The molecule has 2 aromatic rings. The fourth-order valence-corrected chi connectivity index (χ4v) is 2.89. The molecular formula is C19H18F2. The summed E-state index contributed by atoms with van der Waals surface area (Å²) in [5, 5.41) is 0. The van der Waals surface area contributed by atoms with Gasteiger partial charge in [-0.2, -0.15) is 0 Å². The Bertz CT molecular complexity index is 681. The van der Waals surface area contributed by atoms with Gasteiger partial charge in [0.2, 0.25) is 0 Å². The van der Waals surface area contributed by atoms with Crippen LogP contribution in [0.1, 0.15) is 42.0 Å². The summed E-state index contributed by atoms with van der Waals surface area (Å²) in [6.07, 6.45) is 5.84. The van der Waals surface area contributed by atoms with E-state index < -0.39 is 11.6 Å². The molecule has 21 heavy (non-hydrogen) atoms. The van der Waals surface area contributed by atoms with Gasteiger partial charge in [0, 0.05) is 0 Å². The minimum atomic E-state index is -0.774. The average molecular weight is 284 g/mol. The highest BCUT2D eigenvalue weighted by Gasteiger charge is 2.15. The normalized spacial score (nSPS) is 13.8. The molecule has 0 nitrogen and oxygen atoms in total. The molecule has 0 aromatic heterocycles. The summed E-state index contributed by atoms with van der Waals surface area (Å²) in [4.78, 5) is 0. The molecule has 0 N–H and O–H groups in total. The van der Waals surface area contributed by atoms with E-state index in [9.17, 15) is 8.78 Å². The zero-order chi connectivity index (χ0) is 14.8. The van der Waals surface area contributed by atoms with E-state index in [1.54, 1.807) is 0 Å². The van der Waals surface area contributed by atoms with Crippen molar-refractivity contribution in [2.75, 3.05) is 0 Å². The Morgan fingerprint density at radius 1 is 0.952 bits per heavy atom. The minimum absolute atomic E-state index is 0.755. The van der Waals surface area contributed by atoms with Gasteiger partial charge in [0.05, 0.1) is 0 Å². The molecule has 2 aromatic carbocycles. The number of rotatable bonds is 3. The summed E-state index contributed by atoms with van der Waals surface area (Å²) in [5.41, 5.74) is 5.39. The summed E-state index contributed by atoms with van der Waals surface area (Å²) in [6, 6.07) is 11.2. The number of aryl methyl sites for hydroxylation is 2. The Labute approximate surface area is 124 Å². The standard InChI is InChI=1S/C19H18F2/c1-2-3-13-4-6-14(7-5-13)15-8-9-16-11-18(20)19(21)12-17(16)10-15/h4-7,10-12H,2-3,8-9H2,1H3. The second kappa shape index (κ2) is 5.80. The highest BCUT2D eigenvalue weighted by Crippen LogP contribution is 2.31. The maximum Gasteiger partial charge on any atom is 0.159 e. The molecule has 1 aliphatic rings. The Hall–Kier alpha value is -1.96. The molecule has 0 bridgehead atoms. The first-order chi connectivity index (χ1) is 10.2. The summed E-state index contributed by atoms with van der Waals surface area (Å²) in [5.74, 6) is -1.53. The maximum atomic E-state index is 13.4. The highest BCUT2D eigenvalue weighted by molar-refractivity contribution is 5.84. The molecule has 0 radical (unpaired) electrons. The smallest absolute Gasteiger partial charge is 0.159 e. The van der Waals surface area contributed by atoms with Crippen LogP contribution in [0, 0.1) is 11.6 Å². The number of benzene rings is 2. The molecule has 0 saturated heterocycles. The molecule has 0 unspecified atom stereocenters. The van der Waals surface area contributed by atoms with E-state index in [4.69, 9.17) is 0 Å². The molecule has 2 heteroatoms. The van der Waals surface area contributed by atoms with Crippen molar-refractivity contribution >= 4 is 11.6 Å². The summed E-state index contributed by atoms with van der Waals surface area (Å²) in [6.45, 7) is 2.17. The number of hydrogen-bond acceptors (Lipinski definition) is 0. The lowest BCUT2D eigenvalue weighted by Crippen LogP contribution is -2.01. The second-order valence-electron chi connectivity index (χ2n) is 5.58. The van der Waals surface area contributed by atoms with Crippen LogP contribution in [-0.4, -0.2) is 0 Å². The van der Waals surface area contributed by atoms with Crippen LogP contribution in [0.15, 0.2) is 36.4 Å². The molecule has 0 saturated carbocycles. The van der Waals surface area contributed by atoms with Gasteiger partial charge in [-0.05, 0) is 59.2 Å². The zero-order valence-corrected chi connectivity index (χ0v) is 12.1. The summed E-state index contributed by atoms with van der Waals surface area (Å²) < 4.78 is 26.6. The third-order valence-corrected chi connectivity index (χ3v) is 4.04. The van der Waals surface area contributed by atoms with Gasteiger partial charge in [0.25, 0.3) is 0 Å². The van der Waals surface area contributed by atoms with Crippen LogP contribution in [-0.2, 0) is 12.8 Å². The van der Waals surface area contributed by atoms with E-state index in [0.717, 1.165) is 36.8 Å². The monoisotopic (exact) mass is 284 g/mol. The van der Waals surface area contributed by atoms with Crippen LogP contribution < -0.4 is 0 Å². The molecule has 108 valence electrons. The number of allylic oxidation sites excluding steroid dienone is 1. The van der Waals surface area contributed by atoms with Crippen molar-refractivity contribution in [2.45, 2.75) is 32.6 Å². The average Bonchev–Trinajstić information content (AvgIpc) is 2.49. The van der Waals surface area contributed by atoms with Crippen LogP contribution in [0.25, 0.3) is 11.6 Å². The van der Waals surface area contributed by atoms with Gasteiger partial charge in [-0.25, -0.2) is 8.78 Å². The summed E-state index contributed by atoms with van der Waals surface area (Å²) in [7, 11) is 0. The third kappa shape index (κ3) is 2.90. The largest absolute Gasteiger partial charge is 0.204 e. The topological polar surface area (TPSA) is 0 Å². The lowest BCUT2D eigenvalue weighted by Gasteiger charge is -2.17. The van der Waals surface area contributed by atoms with Crippen molar-refractivity contribution in [2.24, 2.45) is 0 Å². The molecule has 0 spiro atoms. The van der Waals surface area contributed by atoms with Crippen molar-refractivity contribution in [3.05, 3.63) is 70.3 Å². The van der Waals surface area contributed by atoms with Crippen LogP contribution in [0.2, 0.25) is 0 Å². The SMILES string of the molecule is CCCc1ccc(C2=Cc3cc(F)c(F)cc3CC2)cc1. The Balaban J connectivity index is 1.92. The lowest BCUT2D eigenvalue weighted by atomic mass is 9.88. The molecule has 0 aliphatic heterocycles. The zero-order valence-electron chi connectivity index (χ0n) is 12.1. The van der Waals surface area contributed by atoms with Gasteiger partial charge in [0.15, 0.2) is 11.6 Å². The van der Waals surface area contributed by atoms with Gasteiger partial charge in [0.1, 0.15) is 0 Å². The predicted octanol–water partition coefficient (Wildman–Crippen LogP) is 5.40. The van der Waals surface area contributed by atoms with Crippen LogP contribution in [0.5, 0.6) is 0 Å². The lowest BCUT2D eigenvalue weighted by molar-refractivity contribution is 0.506. The van der Waals surface area contributed by atoms with E-state index in [1.165, 1.54) is 28.8 Å². The first-order valence-electron chi connectivity index (χ1n) is 7.45. The van der Waals surface area contributed by atoms with Gasteiger partial charge in [-0.3, -0.25) is 0 Å². The third-order valence-electron chi connectivity index (χ3n) is 4.04. The Kier molecular flexibility index (Phi) is 3.87. The molecule has 0 heterocycles. The fourth-order valence-electron chi connectivity index (χ4n) is 2.89. The van der Waals surface area contributed by atoms with Crippen molar-refractivity contribution in [1.82, 2.24) is 0 Å². The van der Waals surface area contributed by atoms with Gasteiger partial charge in [-0.15, -0.1) is 0 Å². The molecule has 0 atom stereocenters. The van der Waals surface area contributed by atoms with Crippen molar-refractivity contribution in [3.8, 4) is 0 Å². The van der Waals surface area contributed by atoms with Crippen molar-refractivity contribution < 1.29 is 8.78 Å². The van der Waals surface area contributed by atoms with E-state index in [1.807, 2.05) is 6.08 Å². The van der Waals surface area contributed by atoms with E-state index >= 15 is 0 Å². The van der Waals surface area contributed by atoms with Crippen LogP contribution in [0.3, 0.4) is 0 Å². The summed E-state index contributed by atoms with van der Waals surface area (Å²) >= 11 is 0. The van der Waals surface area contributed by atoms with E-state index in [0.29, 0.717) is 0 Å². The minimum Gasteiger partial charge on any atom is -0.204 e. The van der Waals surface area contributed by atoms with E-state index in [2.05, 4.69) is 31.2 Å². The fraction of sp³-hybridized carbons (Fsp3) is 0.263. The maximum absolute atomic E-state index is 13.4. The Morgan fingerprint density at radius 3 is 2.38 bits per heavy atom. The van der Waals surface area contributed by atoms with Crippen molar-refractivity contribution in [3.63, 3.8) is 0 Å². The molecule has 3 rings (SSSR count). The molecule has 0 fully saturated rings. The second-order valence-corrected chi connectivity index (χ2v) is 5.58. The number of hydrogen-bond donors (Lipinski definition) is 0. The first kappa shape index (κ1) is 14.0. The highest BCUT2D eigenvalue weighted by atomic mass is 19.2. The Morgan fingerprint density at radius 2 is 1.67 bits per heavy atom. The number of halogens is 2. The van der Waals surface area contributed by atoms with E-state index in [-0.39, 0.29) is 0 Å². The van der Waals surface area contributed by atoms with Gasteiger partial charge >= 0.3 is 0 Å². The molecule has 1 aliphatic carbocycles. The quantitative estimate of drug-likeness (QED) is 0.707. The van der Waals surface area contributed by atoms with Gasteiger partial charge < -0.3 is 0 Å². The van der Waals surface area contributed by atoms with Crippen LogP contribution in [0.4, 0.5) is 8.78 Å². The molecular weight excluding hydrogens is 266 g/mol. The van der Waals surface area contributed by atoms with Crippen LogP contribution >= 0.6 is 0 Å². The predicted molar refractivity (Wildman–Crippen MR) is 83.0 cm³/mol. The molecule has 0 amide bonds. The number of fused-ring (bicyclic) bond motifs is 1.